The van der Waals surface area contributed by atoms with Crippen LogP contribution in [0.15, 0.2) is 0 Å². The van der Waals surface area contributed by atoms with Crippen molar-refractivity contribution in [2.45, 2.75) is 68.3 Å². The third-order valence-corrected chi connectivity index (χ3v) is 6.12. The average molecular weight is 537 g/mol. The summed E-state index contributed by atoms with van der Waals surface area (Å²) in [6.45, 7) is 0.0220. The fourth-order valence-corrected chi connectivity index (χ4v) is 4.64. The van der Waals surface area contributed by atoms with Crippen LogP contribution in [-0.4, -0.2) is 123 Å². The van der Waals surface area contributed by atoms with Gasteiger partial charge in [0.15, 0.2) is 12.6 Å². The monoisotopic (exact) mass is 537 g/mol. The average Bonchev–Trinajstić information content (AvgIpc) is 2.66. The maximum atomic E-state index is 11.5. The number of hydrogen-bond acceptors (Lipinski definition) is 11. The van der Waals surface area contributed by atoms with Crippen molar-refractivity contribution in [1.82, 2.24) is 5.32 Å². The van der Waals surface area contributed by atoms with E-state index in [1.165, 1.54) is 6.92 Å². The van der Waals surface area contributed by atoms with E-state index < -0.39 is 92.7 Å². The predicted octanol–water partition coefficient (Wildman–Crippen LogP) is -4.53. The van der Waals surface area contributed by atoms with Crippen molar-refractivity contribution in [2.75, 3.05) is 13.2 Å². The highest BCUT2D eigenvalue weighted by atomic mass is 127. The van der Waals surface area contributed by atoms with Crippen LogP contribution < -0.4 is 5.32 Å². The summed E-state index contributed by atoms with van der Waals surface area (Å²) >= 11 is 1.03. The van der Waals surface area contributed by atoms with Crippen LogP contribution in [0.4, 0.5) is 0 Å². The van der Waals surface area contributed by atoms with Crippen molar-refractivity contribution in [1.29, 1.82) is 0 Å². The van der Waals surface area contributed by atoms with Crippen molar-refractivity contribution < 1.29 is 53.4 Å². The summed E-state index contributed by atoms with van der Waals surface area (Å²) in [5, 5.41) is 62.0. The number of halogens is 1. The Bertz CT molecular complexity index is 518. The molecule has 0 radical (unpaired) electrons. The molecule has 0 aromatic rings. The van der Waals surface area contributed by atoms with Crippen molar-refractivity contribution in [2.24, 2.45) is 0 Å². The van der Waals surface area contributed by atoms with Gasteiger partial charge in [0.1, 0.15) is 48.8 Å². The number of carbonyl (C=O) groups excluding carboxylic acids is 1. The first-order chi connectivity index (χ1) is 13.2. The highest BCUT2D eigenvalue weighted by Gasteiger charge is 2.51. The first-order valence-electron chi connectivity index (χ1n) is 8.60. The summed E-state index contributed by atoms with van der Waals surface area (Å²) in [4.78, 5) is 11.5. The first-order valence-corrected chi connectivity index (χ1v) is 14.3. The van der Waals surface area contributed by atoms with Gasteiger partial charge in [-0.1, -0.05) is 0 Å². The number of nitrogens with one attached hydrogen (secondary N) is 1. The van der Waals surface area contributed by atoms with Gasteiger partial charge in [0, 0.05) is 6.92 Å². The zero-order valence-corrected chi connectivity index (χ0v) is 18.6. The molecular weight excluding hydrogens is 512 g/mol. The van der Waals surface area contributed by atoms with E-state index in [0.717, 1.165) is 0 Å². The van der Waals surface area contributed by atoms with Gasteiger partial charge in [-0.05, 0) is 0 Å². The van der Waals surface area contributed by atoms with Crippen molar-refractivity contribution in [3.05, 3.63) is 0 Å². The van der Waals surface area contributed by atoms with E-state index in [9.17, 15) is 35.4 Å². The normalized spacial score (nSPS) is 44.1. The Hall–Kier alpha value is 0.332. The van der Waals surface area contributed by atoms with Gasteiger partial charge in [0.25, 0.3) is 0 Å². The molecule has 0 saturated carbocycles. The second kappa shape index (κ2) is 11.1. The van der Waals surface area contributed by atoms with Crippen molar-refractivity contribution >= 4 is 38.5 Å². The van der Waals surface area contributed by atoms with E-state index in [0.29, 0.717) is 0 Å². The fraction of sp³-hybridized carbons (Fsp3) is 0.929. The van der Waals surface area contributed by atoms with Crippen LogP contribution in [0.2, 0.25) is 0 Å². The lowest BCUT2D eigenvalue weighted by atomic mass is 9.95. The molecule has 12 nitrogen and oxygen atoms in total. The fourth-order valence-electron chi connectivity index (χ4n) is 3.16. The molecule has 0 aromatic heterocycles. The molecule has 10 atom stereocenters. The first kappa shape index (κ1) is 24.6. The lowest BCUT2D eigenvalue weighted by Gasteiger charge is -2.47. The summed E-state index contributed by atoms with van der Waals surface area (Å²) in [5.41, 5.74) is 0. The Labute approximate surface area is 178 Å². The summed E-state index contributed by atoms with van der Waals surface area (Å²) in [7, 11) is 0. The van der Waals surface area contributed by atoms with Gasteiger partial charge >= 0.3 is 12.3 Å². The van der Waals surface area contributed by atoms with Gasteiger partial charge in [-0.3, -0.25) is 4.79 Å². The molecule has 2 heterocycles. The molecule has 4 unspecified atom stereocenters. The van der Waals surface area contributed by atoms with E-state index in [1.807, 2.05) is 20.3 Å². The van der Waals surface area contributed by atoms with Crippen molar-refractivity contribution in [3.63, 3.8) is 0 Å². The Morgan fingerprint density at radius 2 is 1.61 bits per heavy atom. The summed E-state index contributed by atoms with van der Waals surface area (Å²) in [6, 6.07) is -1.02. The third-order valence-electron chi connectivity index (χ3n) is 4.59. The number of amides is 1. The molecule has 0 aromatic carbocycles. The lowest BCUT2D eigenvalue weighted by molar-refractivity contribution is -0.343. The van der Waals surface area contributed by atoms with Crippen molar-refractivity contribution in [3.8, 4) is 0 Å². The molecule has 0 bridgehead atoms. The van der Waals surface area contributed by atoms with Crippen LogP contribution >= 0.6 is 20.3 Å². The maximum Gasteiger partial charge on any atom is 0.527 e. The highest BCUT2D eigenvalue weighted by molar-refractivity contribution is 14.1. The van der Waals surface area contributed by atoms with Gasteiger partial charge in [0.2, 0.25) is 5.91 Å². The van der Waals surface area contributed by atoms with Crippen LogP contribution in [0, 0.1) is 0 Å². The smallest absolute Gasteiger partial charge is 0.471 e. The van der Waals surface area contributed by atoms with Gasteiger partial charge < -0.3 is 54.0 Å². The zero-order valence-electron chi connectivity index (χ0n) is 15.0. The molecule has 0 spiro atoms. The van der Waals surface area contributed by atoms with Gasteiger partial charge in [-0.15, -0.1) is 0 Å². The maximum absolute atomic E-state index is 11.5. The minimum absolute atomic E-state index is 0.453. The second-order valence-corrected chi connectivity index (χ2v) is 8.94. The number of carbonyl (C=O) groups is 1. The molecule has 7 N–H and O–H groups in total. The van der Waals surface area contributed by atoms with Crippen LogP contribution in [0.5, 0.6) is 0 Å². The second-order valence-electron chi connectivity index (χ2n) is 6.52. The molecule has 2 aliphatic rings. The van der Waals surface area contributed by atoms with Gasteiger partial charge in [-0.25, -0.2) is 0 Å². The Morgan fingerprint density at radius 1 is 1.00 bits per heavy atom. The third kappa shape index (κ3) is 5.52. The standard InChI is InChI=1S/C14H24NO11.Al.HI.H/c1-4(18)15-7-9(20)12(6(3-17)24-13(7)23)26-14-11(22)10(21)8(19)5(2-16)25-14;;;/h5-14,16-17,19-22H,2-3H2,1H3,(H,15,18);;1H;/q-1;+2;;/p-1/t5?,6?,7?,8-,9-,10+,11?,12-,13+,14-;;;/m1.../s1. The highest BCUT2D eigenvalue weighted by Crippen LogP contribution is 2.29. The SMILES string of the molecule is CC(=O)NC1[C@@H]([O][AlH][I])OC(CO)[C@@H](O[C@H]2OC(CO)[C@@H](O)[C@H](O)C2O)[C@@H]1O. The van der Waals surface area contributed by atoms with Crippen LogP contribution in [0.1, 0.15) is 6.92 Å². The topological polar surface area (TPSA) is 187 Å². The molecular formula is C14H25AlINO11. The van der Waals surface area contributed by atoms with Crippen LogP contribution in [-0.2, 0) is 22.8 Å². The molecule has 2 rings (SSSR count). The molecule has 28 heavy (non-hydrogen) atoms. The van der Waals surface area contributed by atoms with E-state index in [4.69, 9.17) is 18.0 Å². The quantitative estimate of drug-likeness (QED) is 0.123. The molecule has 162 valence electrons. The van der Waals surface area contributed by atoms with Crippen LogP contribution in [0.3, 0.4) is 0 Å². The molecule has 1 amide bonds. The molecule has 2 fully saturated rings. The van der Waals surface area contributed by atoms with E-state index in [-0.39, 0.29) is 0 Å². The summed E-state index contributed by atoms with van der Waals surface area (Å²) < 4.78 is 21.9. The molecule has 14 heteroatoms. The van der Waals surface area contributed by atoms with Gasteiger partial charge in [-0.2, -0.15) is 20.3 Å². The molecule has 0 aliphatic carbocycles. The predicted molar refractivity (Wildman–Crippen MR) is 100 cm³/mol. The lowest BCUT2D eigenvalue weighted by Crippen LogP contribution is -2.67. The van der Waals surface area contributed by atoms with Crippen LogP contribution in [0.25, 0.3) is 0 Å². The molecule has 2 saturated heterocycles. The minimum Gasteiger partial charge on any atom is -0.471 e. The Morgan fingerprint density at radius 3 is 2.14 bits per heavy atom. The number of aliphatic hydroxyl groups is 6. The number of hydrogen-bond donors (Lipinski definition) is 7. The molecule has 2 aliphatic heterocycles. The van der Waals surface area contributed by atoms with Gasteiger partial charge in [0.05, 0.1) is 13.2 Å². The number of aliphatic hydroxyl groups excluding tert-OH is 6. The number of ether oxygens (including phenoxy) is 3. The van der Waals surface area contributed by atoms with E-state index in [2.05, 4.69) is 5.32 Å². The van der Waals surface area contributed by atoms with E-state index in [1.54, 1.807) is 0 Å². The summed E-state index contributed by atoms with van der Waals surface area (Å²) in [5.74, 6) is -0.453. The zero-order chi connectivity index (χ0) is 21.0. The minimum atomic E-state index is -1.70. The Balaban J connectivity index is 2.20. The van der Waals surface area contributed by atoms with E-state index >= 15 is 0 Å². The largest absolute Gasteiger partial charge is 0.527 e. The number of rotatable bonds is 7. The Kier molecular flexibility index (Phi) is 9.75. The summed E-state index contributed by atoms with van der Waals surface area (Å²) in [6.07, 6.45) is -12.5.